The fourth-order valence-corrected chi connectivity index (χ4v) is 4.68. The average Bonchev–Trinajstić information content (AvgIpc) is 3.58. The molecule has 0 spiro atoms. The first-order chi connectivity index (χ1) is 16.6. The molecule has 0 atom stereocenters. The summed E-state index contributed by atoms with van der Waals surface area (Å²) in [5.41, 5.74) is 17.3. The number of hydrogen-bond donors (Lipinski definition) is 3. The molecule has 5 heterocycles. The largest absolute Gasteiger partial charge is 0.369 e. The van der Waals surface area contributed by atoms with Crippen LogP contribution in [0.25, 0.3) is 16.8 Å². The second-order valence-electron chi connectivity index (χ2n) is 8.74. The van der Waals surface area contributed by atoms with Gasteiger partial charge in [0.1, 0.15) is 5.69 Å². The van der Waals surface area contributed by atoms with E-state index in [-0.39, 0.29) is 0 Å². The third-order valence-corrected chi connectivity index (χ3v) is 6.50. The van der Waals surface area contributed by atoms with Crippen molar-refractivity contribution >= 4 is 23.4 Å². The molecule has 0 aliphatic carbocycles. The topological polar surface area (TPSA) is 133 Å². The third-order valence-electron chi connectivity index (χ3n) is 6.50. The van der Waals surface area contributed by atoms with E-state index in [0.29, 0.717) is 30.3 Å². The van der Waals surface area contributed by atoms with Crippen molar-refractivity contribution in [3.05, 3.63) is 54.7 Å². The number of aliphatic imine (C=N–C) groups is 1. The predicted octanol–water partition coefficient (Wildman–Crippen LogP) is 1.94. The first-order valence-electron chi connectivity index (χ1n) is 11.4. The Bertz CT molecular complexity index is 1350. The highest BCUT2D eigenvalue weighted by molar-refractivity contribution is 5.97. The normalized spacial score (nSPS) is 16.5. The van der Waals surface area contributed by atoms with Crippen molar-refractivity contribution in [3.63, 3.8) is 0 Å². The van der Waals surface area contributed by atoms with Gasteiger partial charge in [-0.05, 0) is 43.6 Å². The van der Waals surface area contributed by atoms with Gasteiger partial charge >= 0.3 is 0 Å². The molecule has 11 nitrogen and oxygen atoms in total. The molecular weight excluding hydrogens is 430 g/mol. The number of rotatable bonds is 4. The van der Waals surface area contributed by atoms with Crippen molar-refractivity contribution in [2.45, 2.75) is 25.4 Å². The molecule has 0 amide bonds. The van der Waals surface area contributed by atoms with E-state index in [1.807, 2.05) is 41.0 Å². The Morgan fingerprint density at radius 3 is 2.47 bits per heavy atom. The first kappa shape index (κ1) is 20.5. The molecular formula is C23H27N11. The quantitative estimate of drug-likeness (QED) is 0.426. The molecule has 6 rings (SSSR count). The van der Waals surface area contributed by atoms with E-state index in [1.54, 1.807) is 10.9 Å². The Morgan fingerprint density at radius 2 is 1.74 bits per heavy atom. The summed E-state index contributed by atoms with van der Waals surface area (Å²) >= 11 is 0. The Morgan fingerprint density at radius 1 is 0.941 bits per heavy atom. The van der Waals surface area contributed by atoms with Gasteiger partial charge in [-0.1, -0.05) is 12.1 Å². The predicted molar refractivity (Wildman–Crippen MR) is 131 cm³/mol. The SMILES string of the molecule is Cn1cc(N2Cc3nc(N)n(-c4ccc(-c5cnn(C6CCNCC6)c5)cc4)c3N=C2N)cn1. The van der Waals surface area contributed by atoms with Crippen molar-refractivity contribution in [1.29, 1.82) is 0 Å². The lowest BCUT2D eigenvalue weighted by molar-refractivity contribution is 0.343. The number of nitrogens with two attached hydrogens (primary N) is 2. The molecule has 3 aromatic heterocycles. The van der Waals surface area contributed by atoms with E-state index in [9.17, 15) is 0 Å². The molecule has 2 aliphatic rings. The van der Waals surface area contributed by atoms with E-state index in [1.165, 1.54) is 0 Å². The Kier molecular flexibility index (Phi) is 4.84. The highest BCUT2D eigenvalue weighted by atomic mass is 15.4. The van der Waals surface area contributed by atoms with Crippen LogP contribution in [0.2, 0.25) is 0 Å². The molecule has 0 unspecified atom stereocenters. The molecule has 0 bridgehead atoms. The van der Waals surface area contributed by atoms with Crippen LogP contribution < -0.4 is 21.7 Å². The minimum atomic E-state index is 0.376. The van der Waals surface area contributed by atoms with Crippen molar-refractivity contribution in [3.8, 4) is 16.8 Å². The Hall–Kier alpha value is -4.12. The lowest BCUT2D eigenvalue weighted by Crippen LogP contribution is -2.38. The van der Waals surface area contributed by atoms with Crippen LogP contribution in [0.5, 0.6) is 0 Å². The van der Waals surface area contributed by atoms with Crippen LogP contribution in [0.1, 0.15) is 24.6 Å². The molecule has 2 aliphatic heterocycles. The van der Waals surface area contributed by atoms with Crippen LogP contribution in [0.3, 0.4) is 0 Å². The number of guanidine groups is 1. The van der Waals surface area contributed by atoms with Crippen LogP contribution in [0, 0.1) is 0 Å². The van der Waals surface area contributed by atoms with Gasteiger partial charge in [0.05, 0.1) is 36.4 Å². The van der Waals surface area contributed by atoms with Crippen molar-refractivity contribution in [2.24, 2.45) is 17.8 Å². The lowest BCUT2D eigenvalue weighted by Gasteiger charge is -2.24. The van der Waals surface area contributed by atoms with Crippen LogP contribution in [-0.2, 0) is 13.6 Å². The number of benzene rings is 1. The molecule has 11 heteroatoms. The molecule has 0 saturated carbocycles. The number of nitrogens with zero attached hydrogens (tertiary/aromatic N) is 8. The number of hydrogen-bond acceptors (Lipinski definition) is 8. The van der Waals surface area contributed by atoms with E-state index in [4.69, 9.17) is 11.5 Å². The van der Waals surface area contributed by atoms with Gasteiger partial charge in [-0.2, -0.15) is 15.2 Å². The van der Waals surface area contributed by atoms with Gasteiger partial charge in [0.15, 0.2) is 5.82 Å². The highest BCUT2D eigenvalue weighted by Crippen LogP contribution is 2.34. The number of aromatic nitrogens is 6. The van der Waals surface area contributed by atoms with Gasteiger partial charge in [0, 0.05) is 25.0 Å². The zero-order valence-corrected chi connectivity index (χ0v) is 19.0. The van der Waals surface area contributed by atoms with Gasteiger partial charge in [0.2, 0.25) is 11.9 Å². The summed E-state index contributed by atoms with van der Waals surface area (Å²) in [7, 11) is 1.86. The number of fused-ring (bicyclic) bond motifs is 1. The third kappa shape index (κ3) is 3.50. The van der Waals surface area contributed by atoms with Gasteiger partial charge < -0.3 is 21.7 Å². The summed E-state index contributed by atoms with van der Waals surface area (Å²) in [5, 5.41) is 12.2. The molecule has 4 aromatic rings. The molecule has 1 aromatic carbocycles. The zero-order valence-electron chi connectivity index (χ0n) is 19.0. The lowest BCUT2D eigenvalue weighted by atomic mass is 10.1. The molecule has 34 heavy (non-hydrogen) atoms. The van der Waals surface area contributed by atoms with Crippen molar-refractivity contribution in [2.75, 3.05) is 23.7 Å². The summed E-state index contributed by atoms with van der Waals surface area (Å²) < 4.78 is 5.66. The summed E-state index contributed by atoms with van der Waals surface area (Å²) in [6.07, 6.45) is 9.91. The maximum Gasteiger partial charge on any atom is 0.206 e. The Labute approximate surface area is 196 Å². The van der Waals surface area contributed by atoms with Crippen LogP contribution in [-0.4, -0.2) is 48.2 Å². The smallest absolute Gasteiger partial charge is 0.206 e. The maximum atomic E-state index is 6.31. The number of piperidine rings is 1. The fraction of sp³-hybridized carbons (Fsp3) is 0.304. The number of nitrogen functional groups attached to an aromatic ring is 1. The number of anilines is 2. The van der Waals surface area contributed by atoms with Gasteiger partial charge in [-0.3, -0.25) is 13.9 Å². The van der Waals surface area contributed by atoms with Crippen molar-refractivity contribution < 1.29 is 0 Å². The number of aryl methyl sites for hydroxylation is 1. The molecule has 1 saturated heterocycles. The first-order valence-corrected chi connectivity index (χ1v) is 11.4. The highest BCUT2D eigenvalue weighted by Gasteiger charge is 2.26. The van der Waals surface area contributed by atoms with Gasteiger partial charge in [-0.25, -0.2) is 4.98 Å². The van der Waals surface area contributed by atoms with Gasteiger partial charge in [-0.15, -0.1) is 0 Å². The molecule has 0 radical (unpaired) electrons. The minimum absolute atomic E-state index is 0.376. The fourth-order valence-electron chi connectivity index (χ4n) is 4.68. The monoisotopic (exact) mass is 457 g/mol. The summed E-state index contributed by atoms with van der Waals surface area (Å²) in [5.74, 6) is 1.41. The van der Waals surface area contributed by atoms with Crippen LogP contribution in [0.15, 0.2) is 54.0 Å². The minimum Gasteiger partial charge on any atom is -0.369 e. The summed E-state index contributed by atoms with van der Waals surface area (Å²) in [6, 6.07) is 8.65. The maximum absolute atomic E-state index is 6.31. The average molecular weight is 458 g/mol. The van der Waals surface area contributed by atoms with Crippen molar-refractivity contribution in [1.82, 2.24) is 34.4 Å². The second-order valence-corrected chi connectivity index (χ2v) is 8.74. The Balaban J connectivity index is 1.27. The zero-order chi connectivity index (χ0) is 23.2. The molecule has 5 N–H and O–H groups in total. The molecule has 1 fully saturated rings. The van der Waals surface area contributed by atoms with E-state index < -0.39 is 0 Å². The second kappa shape index (κ2) is 8.03. The van der Waals surface area contributed by atoms with E-state index in [2.05, 4.69) is 48.5 Å². The summed E-state index contributed by atoms with van der Waals surface area (Å²) in [6.45, 7) is 2.55. The van der Waals surface area contributed by atoms with Crippen LogP contribution >= 0.6 is 0 Å². The molecule has 174 valence electrons. The van der Waals surface area contributed by atoms with E-state index >= 15 is 0 Å². The standard InChI is InChI=1S/C23H27N11/c1-31-13-19(11-27-31)32-14-20-21(30-22(32)24)34(23(25)29-20)18-4-2-15(3-5-18)16-10-28-33(12-16)17-6-8-26-9-7-17/h2-5,10-13,17,26H,6-9,14H2,1H3,(H2,24,30)(H2,25,29). The number of nitrogens with one attached hydrogen (secondary N) is 1. The van der Waals surface area contributed by atoms with E-state index in [0.717, 1.165) is 54.1 Å². The van der Waals surface area contributed by atoms with Crippen LogP contribution in [0.4, 0.5) is 17.5 Å². The summed E-state index contributed by atoms with van der Waals surface area (Å²) in [4.78, 5) is 11.1. The number of imidazole rings is 1. The van der Waals surface area contributed by atoms with Gasteiger partial charge in [0.25, 0.3) is 0 Å².